The number of carbonyl (C=O) groups excluding carboxylic acids is 1. The molecule has 1 amide bonds. The van der Waals surface area contributed by atoms with Crippen molar-refractivity contribution in [1.82, 2.24) is 9.97 Å². The number of hydrogen-bond acceptors (Lipinski definition) is 4. The summed E-state index contributed by atoms with van der Waals surface area (Å²) in [5.74, 6) is 0.401. The van der Waals surface area contributed by atoms with E-state index in [0.29, 0.717) is 21.4 Å². The fourth-order valence-electron chi connectivity index (χ4n) is 1.50. The number of nitrogens with one attached hydrogen (secondary N) is 1. The second kappa shape index (κ2) is 7.12. The predicted octanol–water partition coefficient (Wildman–Crippen LogP) is 4.02. The first kappa shape index (κ1) is 14.6. The van der Waals surface area contributed by atoms with E-state index >= 15 is 0 Å². The van der Waals surface area contributed by atoms with Gasteiger partial charge in [-0.15, -0.1) is 11.3 Å². The van der Waals surface area contributed by atoms with Crippen LogP contribution < -0.4 is 5.32 Å². The number of rotatable bonds is 5. The fourth-order valence-corrected chi connectivity index (χ4v) is 3.16. The van der Waals surface area contributed by atoms with Gasteiger partial charge in [-0.05, 0) is 56.1 Å². The molecule has 0 aromatic carbocycles. The molecule has 0 fully saturated rings. The Balaban J connectivity index is 1.80. The fraction of sp³-hybridized carbons (Fsp3) is 0.250. The minimum absolute atomic E-state index is 0.0473. The third kappa shape index (κ3) is 4.67. The molecule has 0 aliphatic rings. The molecule has 0 unspecified atom stereocenters. The van der Waals surface area contributed by atoms with E-state index in [1.54, 1.807) is 17.5 Å². The van der Waals surface area contributed by atoms with E-state index in [4.69, 9.17) is 0 Å². The molecule has 0 spiro atoms. The quantitative estimate of drug-likeness (QED) is 0.818. The molecule has 2 rings (SSSR count). The van der Waals surface area contributed by atoms with Crippen LogP contribution in [0, 0.1) is 0 Å². The van der Waals surface area contributed by atoms with Crippen molar-refractivity contribution in [3.8, 4) is 0 Å². The van der Waals surface area contributed by atoms with Crippen LogP contribution in [-0.2, 0) is 11.2 Å². The van der Waals surface area contributed by atoms with Gasteiger partial charge in [-0.3, -0.25) is 4.79 Å². The number of hydrogen-bond donors (Lipinski definition) is 1. The van der Waals surface area contributed by atoms with Gasteiger partial charge in [0.25, 0.3) is 0 Å². The van der Waals surface area contributed by atoms with Crippen LogP contribution in [0.3, 0.4) is 0 Å². The summed E-state index contributed by atoms with van der Waals surface area (Å²) in [5.41, 5.74) is 0. The third-order valence-electron chi connectivity index (χ3n) is 2.37. The Morgan fingerprint density at radius 3 is 2.95 bits per heavy atom. The van der Waals surface area contributed by atoms with Crippen molar-refractivity contribution in [3.63, 3.8) is 0 Å². The minimum atomic E-state index is -0.0473. The van der Waals surface area contributed by atoms with Gasteiger partial charge in [-0.25, -0.2) is 9.97 Å². The predicted molar refractivity (Wildman–Crippen MR) is 83.3 cm³/mol. The van der Waals surface area contributed by atoms with Crippen molar-refractivity contribution in [2.45, 2.75) is 19.3 Å². The first-order valence-electron chi connectivity index (χ1n) is 5.65. The Morgan fingerprint density at radius 2 is 2.26 bits per heavy atom. The molecule has 19 heavy (non-hydrogen) atoms. The molecular weight excluding hydrogens is 394 g/mol. The number of carbonyl (C=O) groups is 1. The van der Waals surface area contributed by atoms with Crippen LogP contribution in [0.25, 0.3) is 0 Å². The van der Waals surface area contributed by atoms with Gasteiger partial charge in [0.1, 0.15) is 9.21 Å². The van der Waals surface area contributed by atoms with Crippen molar-refractivity contribution in [1.29, 1.82) is 0 Å². The SMILES string of the molecule is O=C(CCCc1cccs1)Nc1ncc(Br)nc1Br. The van der Waals surface area contributed by atoms with Gasteiger partial charge in [0.15, 0.2) is 5.82 Å². The zero-order valence-electron chi connectivity index (χ0n) is 9.90. The average molecular weight is 405 g/mol. The lowest BCUT2D eigenvalue weighted by Crippen LogP contribution is -2.13. The smallest absolute Gasteiger partial charge is 0.225 e. The standard InChI is InChI=1S/C12H11Br2N3OS/c13-9-7-15-12(11(14)16-9)17-10(18)5-1-3-8-4-2-6-19-8/h2,4,6-7H,1,3,5H2,(H,15,17,18). The molecule has 0 radical (unpaired) electrons. The summed E-state index contributed by atoms with van der Waals surface area (Å²) >= 11 is 8.19. The number of aryl methyl sites for hydroxylation is 1. The number of thiophene rings is 1. The van der Waals surface area contributed by atoms with E-state index in [1.165, 1.54) is 4.88 Å². The molecule has 2 aromatic rings. The van der Waals surface area contributed by atoms with E-state index in [1.807, 2.05) is 11.4 Å². The van der Waals surface area contributed by atoms with Gasteiger partial charge >= 0.3 is 0 Å². The minimum Gasteiger partial charge on any atom is -0.308 e. The molecule has 0 aliphatic carbocycles. The molecule has 0 aliphatic heterocycles. The van der Waals surface area contributed by atoms with Gasteiger partial charge in [-0.1, -0.05) is 6.07 Å². The number of aromatic nitrogens is 2. The molecule has 2 aromatic heterocycles. The molecule has 2 heterocycles. The number of anilines is 1. The lowest BCUT2D eigenvalue weighted by atomic mass is 10.2. The summed E-state index contributed by atoms with van der Waals surface area (Å²) in [6.45, 7) is 0. The normalized spacial score (nSPS) is 10.4. The summed E-state index contributed by atoms with van der Waals surface area (Å²) in [5, 5.41) is 4.79. The highest BCUT2D eigenvalue weighted by atomic mass is 79.9. The van der Waals surface area contributed by atoms with Crippen LogP contribution in [0.4, 0.5) is 5.82 Å². The van der Waals surface area contributed by atoms with E-state index in [0.717, 1.165) is 12.8 Å². The number of halogens is 2. The van der Waals surface area contributed by atoms with Crippen molar-refractivity contribution in [2.24, 2.45) is 0 Å². The Kier molecular flexibility index (Phi) is 5.47. The second-order valence-corrected chi connectivity index (χ2v) is 6.41. The summed E-state index contributed by atoms with van der Waals surface area (Å²) in [7, 11) is 0. The number of nitrogens with zero attached hydrogens (tertiary/aromatic N) is 2. The molecule has 100 valence electrons. The van der Waals surface area contributed by atoms with E-state index in [-0.39, 0.29) is 5.91 Å². The molecule has 7 heteroatoms. The highest BCUT2D eigenvalue weighted by molar-refractivity contribution is 9.11. The van der Waals surface area contributed by atoms with Gasteiger partial charge in [0.05, 0.1) is 6.20 Å². The molecule has 0 atom stereocenters. The maximum Gasteiger partial charge on any atom is 0.225 e. The highest BCUT2D eigenvalue weighted by Crippen LogP contribution is 2.19. The largest absolute Gasteiger partial charge is 0.308 e. The monoisotopic (exact) mass is 403 g/mol. The third-order valence-corrected chi connectivity index (χ3v) is 4.24. The Labute approximate surface area is 131 Å². The van der Waals surface area contributed by atoms with Crippen molar-refractivity contribution in [3.05, 3.63) is 37.8 Å². The van der Waals surface area contributed by atoms with Gasteiger partial charge in [0.2, 0.25) is 5.91 Å². The van der Waals surface area contributed by atoms with Gasteiger partial charge < -0.3 is 5.32 Å². The van der Waals surface area contributed by atoms with Crippen LogP contribution >= 0.6 is 43.2 Å². The van der Waals surface area contributed by atoms with E-state index in [2.05, 4.69) is 53.2 Å². The zero-order chi connectivity index (χ0) is 13.7. The van der Waals surface area contributed by atoms with Crippen LogP contribution in [0.5, 0.6) is 0 Å². The molecule has 4 nitrogen and oxygen atoms in total. The Hall–Kier alpha value is -0.790. The molecule has 0 saturated heterocycles. The highest BCUT2D eigenvalue weighted by Gasteiger charge is 2.08. The van der Waals surface area contributed by atoms with Gasteiger partial charge in [0, 0.05) is 11.3 Å². The molecule has 0 saturated carbocycles. The topological polar surface area (TPSA) is 54.9 Å². The first-order chi connectivity index (χ1) is 9.15. The summed E-state index contributed by atoms with van der Waals surface area (Å²) < 4.78 is 1.14. The van der Waals surface area contributed by atoms with Crippen molar-refractivity contribution in [2.75, 3.05) is 5.32 Å². The van der Waals surface area contributed by atoms with Crippen LogP contribution in [0.15, 0.2) is 32.9 Å². The summed E-state index contributed by atoms with van der Waals surface area (Å²) in [4.78, 5) is 21.3. The molecule has 0 bridgehead atoms. The summed E-state index contributed by atoms with van der Waals surface area (Å²) in [6, 6.07) is 4.11. The molecule has 1 N–H and O–H groups in total. The average Bonchev–Trinajstić information content (AvgIpc) is 2.86. The lowest BCUT2D eigenvalue weighted by Gasteiger charge is -2.05. The summed E-state index contributed by atoms with van der Waals surface area (Å²) in [6.07, 6.45) is 3.78. The zero-order valence-corrected chi connectivity index (χ0v) is 13.9. The van der Waals surface area contributed by atoms with Crippen molar-refractivity contribution >= 4 is 54.9 Å². The second-order valence-electron chi connectivity index (χ2n) is 3.81. The maximum atomic E-state index is 11.8. The first-order valence-corrected chi connectivity index (χ1v) is 8.12. The maximum absolute atomic E-state index is 11.8. The number of amides is 1. The van der Waals surface area contributed by atoms with E-state index < -0.39 is 0 Å². The molecular formula is C12H11Br2N3OS. The van der Waals surface area contributed by atoms with Gasteiger partial charge in [-0.2, -0.15) is 0 Å². The van der Waals surface area contributed by atoms with E-state index in [9.17, 15) is 4.79 Å². The lowest BCUT2D eigenvalue weighted by molar-refractivity contribution is -0.116. The Morgan fingerprint density at radius 1 is 1.42 bits per heavy atom. The van der Waals surface area contributed by atoms with Crippen molar-refractivity contribution < 1.29 is 4.79 Å². The van der Waals surface area contributed by atoms with Crippen LogP contribution in [0.1, 0.15) is 17.7 Å². The van der Waals surface area contributed by atoms with Crippen LogP contribution in [-0.4, -0.2) is 15.9 Å². The Bertz CT molecular complexity index is 560. The van der Waals surface area contributed by atoms with Crippen LogP contribution in [0.2, 0.25) is 0 Å².